The molecule has 1 atom stereocenters. The number of aryl methyl sites for hydroxylation is 1. The zero-order valence-corrected chi connectivity index (χ0v) is 25.0. The van der Waals surface area contributed by atoms with E-state index < -0.39 is 16.1 Å². The summed E-state index contributed by atoms with van der Waals surface area (Å²) in [7, 11) is -2.10. The lowest BCUT2D eigenvalue weighted by molar-refractivity contribution is 0.0949. The van der Waals surface area contributed by atoms with Gasteiger partial charge in [-0.1, -0.05) is 92.7 Å². The van der Waals surface area contributed by atoms with Crippen LogP contribution in [0.3, 0.4) is 0 Å². The second kappa shape index (κ2) is 16.0. The molecule has 0 saturated heterocycles. The van der Waals surface area contributed by atoms with Crippen LogP contribution in [-0.2, 0) is 22.9 Å². The monoisotopic (exact) mass is 578 g/mol. The molecule has 0 fully saturated rings. The summed E-state index contributed by atoms with van der Waals surface area (Å²) in [6.45, 7) is 6.43. The smallest absolute Gasteiger partial charge is 0.314 e. The summed E-state index contributed by atoms with van der Waals surface area (Å²) in [4.78, 5) is 27.2. The molecule has 9 heteroatoms. The molecule has 0 aliphatic heterocycles. The summed E-state index contributed by atoms with van der Waals surface area (Å²) in [6.07, 6.45) is 1.59. The van der Waals surface area contributed by atoms with Gasteiger partial charge in [0.15, 0.2) is 5.78 Å². The quantitative estimate of drug-likeness (QED) is 0.220. The Bertz CT molecular complexity index is 1360. The molecule has 8 nitrogen and oxygen atoms in total. The molecule has 3 N–H and O–H groups in total. The Hall–Kier alpha value is -3.53. The molecule has 0 unspecified atom stereocenters. The fourth-order valence-electron chi connectivity index (χ4n) is 4.70. The number of carbonyl (C=O) groups excluding carboxylic acids is 2. The summed E-state index contributed by atoms with van der Waals surface area (Å²) < 4.78 is 28.8. The summed E-state index contributed by atoms with van der Waals surface area (Å²) in [5.41, 5.74) is 4.54. The third kappa shape index (κ3) is 10.1. The van der Waals surface area contributed by atoms with Gasteiger partial charge in [0.25, 0.3) is 0 Å². The predicted molar refractivity (Wildman–Crippen MR) is 166 cm³/mol. The summed E-state index contributed by atoms with van der Waals surface area (Å²) >= 11 is 0. The number of hydrogen-bond donors (Lipinski definition) is 3. The molecular weight excluding hydrogens is 536 g/mol. The highest BCUT2D eigenvalue weighted by Crippen LogP contribution is 2.25. The Morgan fingerprint density at radius 2 is 1.51 bits per heavy atom. The highest BCUT2D eigenvalue weighted by molar-refractivity contribution is 7.89. The van der Waals surface area contributed by atoms with Crippen LogP contribution in [0.2, 0.25) is 0 Å². The summed E-state index contributed by atoms with van der Waals surface area (Å²) in [5.74, 6) is -0.309. The molecule has 3 aromatic rings. The van der Waals surface area contributed by atoms with Crippen molar-refractivity contribution in [2.24, 2.45) is 0 Å². The molecule has 0 aromatic heterocycles. The van der Waals surface area contributed by atoms with Crippen molar-refractivity contribution >= 4 is 21.8 Å². The molecule has 0 spiro atoms. The lowest BCUT2D eigenvalue weighted by Gasteiger charge is -2.21. The summed E-state index contributed by atoms with van der Waals surface area (Å²) in [6, 6.07) is 23.9. The van der Waals surface area contributed by atoms with E-state index in [9.17, 15) is 18.0 Å². The van der Waals surface area contributed by atoms with Crippen LogP contribution in [0.25, 0.3) is 11.1 Å². The molecule has 0 aliphatic carbocycles. The standard InChI is InChI=1S/C32H42N4O4S/c1-4-36(5-2)23-24-41(39,40)35-30(20-15-25-11-7-6-8-12-25)31(37)28-18-16-27(17-19-28)29-14-10-9-13-26(29)21-22-34-32(38)33-3/h6-14,16-19,30,35H,4-5,15,20-24H2,1-3H3,(H2,33,34,38)/t30-/m1/s1. The van der Waals surface area contributed by atoms with Crippen LogP contribution >= 0.6 is 0 Å². The van der Waals surface area contributed by atoms with Gasteiger partial charge in [0.05, 0.1) is 11.8 Å². The van der Waals surface area contributed by atoms with E-state index in [1.54, 1.807) is 19.2 Å². The van der Waals surface area contributed by atoms with Crippen LogP contribution in [0.4, 0.5) is 4.79 Å². The van der Waals surface area contributed by atoms with E-state index in [0.29, 0.717) is 37.9 Å². The lowest BCUT2D eigenvalue weighted by atomic mass is 9.94. The van der Waals surface area contributed by atoms with Gasteiger partial charge < -0.3 is 15.5 Å². The number of benzene rings is 3. The van der Waals surface area contributed by atoms with Crippen molar-refractivity contribution in [3.05, 3.63) is 95.6 Å². The highest BCUT2D eigenvalue weighted by Gasteiger charge is 2.26. The number of amides is 2. The van der Waals surface area contributed by atoms with E-state index in [1.165, 1.54) is 0 Å². The fourth-order valence-corrected chi connectivity index (χ4v) is 5.97. The lowest BCUT2D eigenvalue weighted by Crippen LogP contribution is -2.44. The number of rotatable bonds is 16. The maximum absolute atomic E-state index is 13.7. The van der Waals surface area contributed by atoms with Crippen molar-refractivity contribution in [3.63, 3.8) is 0 Å². The van der Waals surface area contributed by atoms with Crippen molar-refractivity contribution in [2.75, 3.05) is 39.0 Å². The van der Waals surface area contributed by atoms with Gasteiger partial charge in [-0.25, -0.2) is 17.9 Å². The number of hydrogen-bond acceptors (Lipinski definition) is 5. The Kier molecular flexibility index (Phi) is 12.5. The van der Waals surface area contributed by atoms with E-state index >= 15 is 0 Å². The Morgan fingerprint density at radius 3 is 2.17 bits per heavy atom. The molecule has 0 saturated carbocycles. The molecule has 0 heterocycles. The average molecular weight is 579 g/mol. The van der Waals surface area contributed by atoms with Crippen molar-refractivity contribution in [1.82, 2.24) is 20.3 Å². The second-order valence-electron chi connectivity index (χ2n) is 9.90. The van der Waals surface area contributed by atoms with Crippen molar-refractivity contribution in [2.45, 2.75) is 39.2 Å². The van der Waals surface area contributed by atoms with Crippen LogP contribution < -0.4 is 15.4 Å². The zero-order chi connectivity index (χ0) is 29.7. The minimum atomic E-state index is -3.67. The molecule has 220 valence electrons. The Morgan fingerprint density at radius 1 is 0.854 bits per heavy atom. The minimum Gasteiger partial charge on any atom is -0.341 e. The number of carbonyl (C=O) groups is 2. The molecule has 0 radical (unpaired) electrons. The van der Waals surface area contributed by atoms with Gasteiger partial charge in [-0.05, 0) is 54.6 Å². The van der Waals surface area contributed by atoms with Crippen LogP contribution in [-0.4, -0.2) is 70.2 Å². The normalized spacial score (nSPS) is 12.2. The van der Waals surface area contributed by atoms with Crippen LogP contribution in [0.5, 0.6) is 0 Å². The topological polar surface area (TPSA) is 108 Å². The van der Waals surface area contributed by atoms with Gasteiger partial charge in [-0.3, -0.25) is 4.79 Å². The Labute approximate surface area is 244 Å². The van der Waals surface area contributed by atoms with Gasteiger partial charge in [0, 0.05) is 25.7 Å². The maximum atomic E-state index is 13.7. The van der Waals surface area contributed by atoms with Gasteiger partial charge in [0.1, 0.15) is 0 Å². The first kappa shape index (κ1) is 32.0. The van der Waals surface area contributed by atoms with Crippen molar-refractivity contribution < 1.29 is 18.0 Å². The average Bonchev–Trinajstić information content (AvgIpc) is 3.00. The molecule has 0 aliphatic rings. The van der Waals surface area contributed by atoms with Gasteiger partial charge >= 0.3 is 6.03 Å². The second-order valence-corrected chi connectivity index (χ2v) is 11.8. The maximum Gasteiger partial charge on any atom is 0.314 e. The molecular formula is C32H42N4O4S. The molecule has 0 bridgehead atoms. The number of ketones is 1. The van der Waals surface area contributed by atoms with Crippen LogP contribution in [0.1, 0.15) is 41.8 Å². The van der Waals surface area contributed by atoms with Gasteiger partial charge in [-0.2, -0.15) is 0 Å². The third-order valence-electron chi connectivity index (χ3n) is 7.18. The van der Waals surface area contributed by atoms with E-state index in [0.717, 1.165) is 35.3 Å². The van der Waals surface area contributed by atoms with E-state index in [-0.39, 0.29) is 17.6 Å². The van der Waals surface area contributed by atoms with E-state index in [4.69, 9.17) is 0 Å². The number of sulfonamides is 1. The number of urea groups is 1. The van der Waals surface area contributed by atoms with Crippen LogP contribution in [0.15, 0.2) is 78.9 Å². The molecule has 2 amide bonds. The van der Waals surface area contributed by atoms with Gasteiger partial charge in [0.2, 0.25) is 10.0 Å². The molecule has 41 heavy (non-hydrogen) atoms. The summed E-state index contributed by atoms with van der Waals surface area (Å²) in [5, 5.41) is 5.35. The first-order chi connectivity index (χ1) is 19.8. The predicted octanol–water partition coefficient (Wildman–Crippen LogP) is 4.27. The molecule has 3 aromatic carbocycles. The van der Waals surface area contributed by atoms with E-state index in [2.05, 4.69) is 15.4 Å². The van der Waals surface area contributed by atoms with Gasteiger partial charge in [-0.15, -0.1) is 0 Å². The number of nitrogens with zero attached hydrogens (tertiary/aromatic N) is 1. The first-order valence-corrected chi connectivity index (χ1v) is 15.9. The molecule has 3 rings (SSSR count). The minimum absolute atomic E-state index is 0.0612. The third-order valence-corrected chi connectivity index (χ3v) is 8.54. The van der Waals surface area contributed by atoms with Crippen molar-refractivity contribution in [3.8, 4) is 11.1 Å². The highest BCUT2D eigenvalue weighted by atomic mass is 32.2. The zero-order valence-electron chi connectivity index (χ0n) is 24.2. The number of Topliss-reactive ketones (excluding diaryl/α,β-unsaturated/α-hetero) is 1. The Balaban J connectivity index is 1.78. The first-order valence-electron chi connectivity index (χ1n) is 14.2. The van der Waals surface area contributed by atoms with Crippen LogP contribution in [0, 0.1) is 0 Å². The number of nitrogens with one attached hydrogen (secondary N) is 3. The van der Waals surface area contributed by atoms with E-state index in [1.807, 2.05) is 85.5 Å². The largest absolute Gasteiger partial charge is 0.341 e. The van der Waals surface area contributed by atoms with Crippen molar-refractivity contribution in [1.29, 1.82) is 0 Å². The fraction of sp³-hybridized carbons (Fsp3) is 0.375. The SMILES string of the molecule is CCN(CC)CCS(=O)(=O)N[C@H](CCc1ccccc1)C(=O)c1ccc(-c2ccccc2CCNC(=O)NC)cc1.